The number of hydrogen-bond acceptors (Lipinski definition) is 2. The van der Waals surface area contributed by atoms with Gasteiger partial charge in [-0.3, -0.25) is 4.79 Å². The molecule has 1 aromatic heterocycles. The molecule has 3 aromatic rings. The van der Waals surface area contributed by atoms with Crippen LogP contribution in [0.5, 0.6) is 0 Å². The van der Waals surface area contributed by atoms with Crippen molar-refractivity contribution in [3.63, 3.8) is 0 Å². The minimum Gasteiger partial charge on any atom is -0.338 e. The summed E-state index contributed by atoms with van der Waals surface area (Å²) in [6, 6.07) is 14.8. The number of ketones is 1. The van der Waals surface area contributed by atoms with E-state index in [0.29, 0.717) is 12.6 Å². The fraction of sp³-hybridized carbons (Fsp3) is 0.278. The Hall–Kier alpha value is -2.13. The van der Waals surface area contributed by atoms with Crippen molar-refractivity contribution in [2.24, 2.45) is 0 Å². The van der Waals surface area contributed by atoms with Crippen LogP contribution in [0.3, 0.4) is 0 Å². The first-order valence-electron chi connectivity index (χ1n) is 7.34. The van der Waals surface area contributed by atoms with E-state index in [9.17, 15) is 4.79 Å². The van der Waals surface area contributed by atoms with Crippen LogP contribution in [0, 0.1) is 0 Å². The molecule has 3 nitrogen and oxygen atoms in total. The number of hydrogen-bond donors (Lipinski definition) is 1. The van der Waals surface area contributed by atoms with Crippen molar-refractivity contribution in [3.05, 3.63) is 48.0 Å². The average Bonchev–Trinajstić information content (AvgIpc) is 2.81. The van der Waals surface area contributed by atoms with E-state index < -0.39 is 0 Å². The smallest absolute Gasteiger partial charge is 0.176 e. The van der Waals surface area contributed by atoms with Crippen LogP contribution in [0.25, 0.3) is 21.8 Å². The molecule has 0 fully saturated rings. The van der Waals surface area contributed by atoms with E-state index >= 15 is 0 Å². The number of nitrogens with one attached hydrogen (secondary N) is 1. The fourth-order valence-corrected chi connectivity index (χ4v) is 3.00. The number of benzene rings is 2. The van der Waals surface area contributed by atoms with Crippen molar-refractivity contribution in [2.75, 3.05) is 13.6 Å². The first-order chi connectivity index (χ1) is 10.1. The number of para-hydroxylation sites is 1. The van der Waals surface area contributed by atoms with Crippen molar-refractivity contribution >= 4 is 27.6 Å². The Kier molecular flexibility index (Phi) is 3.52. The highest BCUT2D eigenvalue weighted by Gasteiger charge is 2.14. The number of carbonyl (C=O) groups is 1. The zero-order valence-electron chi connectivity index (χ0n) is 12.7. The molecular formula is C18H20N2O. The van der Waals surface area contributed by atoms with Crippen LogP contribution < -0.4 is 5.32 Å². The average molecular weight is 280 g/mol. The quantitative estimate of drug-likeness (QED) is 0.738. The van der Waals surface area contributed by atoms with E-state index in [0.717, 1.165) is 10.9 Å². The number of nitrogens with zero attached hydrogens (tertiary/aromatic N) is 1. The third-order valence-corrected chi connectivity index (χ3v) is 3.89. The lowest BCUT2D eigenvalue weighted by molar-refractivity contribution is 0.0993. The van der Waals surface area contributed by atoms with Crippen molar-refractivity contribution in [2.45, 2.75) is 19.9 Å². The monoisotopic (exact) mass is 280 g/mol. The zero-order valence-corrected chi connectivity index (χ0v) is 12.7. The number of likely N-dealkylation sites (N-methyl/N-ethyl adjacent to an activating group) is 1. The molecule has 1 N–H and O–H groups in total. The van der Waals surface area contributed by atoms with Gasteiger partial charge in [0.25, 0.3) is 0 Å². The highest BCUT2D eigenvalue weighted by molar-refractivity contribution is 6.11. The third kappa shape index (κ3) is 2.24. The summed E-state index contributed by atoms with van der Waals surface area (Å²) in [6.07, 6.45) is 0. The minimum absolute atomic E-state index is 0.126. The Bertz CT molecular complexity index is 815. The van der Waals surface area contributed by atoms with Crippen molar-refractivity contribution in [1.82, 2.24) is 9.88 Å². The molecule has 0 bridgehead atoms. The van der Waals surface area contributed by atoms with Crippen LogP contribution in [0.4, 0.5) is 0 Å². The van der Waals surface area contributed by atoms with Crippen molar-refractivity contribution < 1.29 is 4.79 Å². The SMILES string of the molecule is CNCC(=O)c1ccc2c(c1)c1ccccc1n2C(C)C. The maximum Gasteiger partial charge on any atom is 0.176 e. The number of aromatic nitrogens is 1. The van der Waals surface area contributed by atoms with Gasteiger partial charge in [-0.1, -0.05) is 18.2 Å². The normalized spacial score (nSPS) is 11.6. The van der Waals surface area contributed by atoms with Gasteiger partial charge in [-0.25, -0.2) is 0 Å². The zero-order chi connectivity index (χ0) is 15.0. The predicted molar refractivity (Wildman–Crippen MR) is 88.1 cm³/mol. The highest BCUT2D eigenvalue weighted by Crippen LogP contribution is 2.32. The van der Waals surface area contributed by atoms with Crippen molar-refractivity contribution in [3.8, 4) is 0 Å². The second-order valence-corrected chi connectivity index (χ2v) is 5.67. The summed E-state index contributed by atoms with van der Waals surface area (Å²) in [4.78, 5) is 12.1. The fourth-order valence-electron chi connectivity index (χ4n) is 3.00. The van der Waals surface area contributed by atoms with Gasteiger partial charge in [-0.05, 0) is 45.2 Å². The summed E-state index contributed by atoms with van der Waals surface area (Å²) in [6.45, 7) is 4.74. The molecule has 0 atom stereocenters. The summed E-state index contributed by atoms with van der Waals surface area (Å²) >= 11 is 0. The summed E-state index contributed by atoms with van der Waals surface area (Å²) in [5.74, 6) is 0.126. The second-order valence-electron chi connectivity index (χ2n) is 5.67. The Labute approximate surface area is 124 Å². The third-order valence-electron chi connectivity index (χ3n) is 3.89. The molecule has 0 saturated heterocycles. The lowest BCUT2D eigenvalue weighted by Gasteiger charge is -2.11. The first-order valence-corrected chi connectivity index (χ1v) is 7.34. The van der Waals surface area contributed by atoms with E-state index in [1.54, 1.807) is 7.05 Å². The molecule has 0 aliphatic rings. The van der Waals surface area contributed by atoms with Gasteiger partial charge in [0, 0.05) is 33.4 Å². The Balaban J connectivity index is 2.31. The number of fused-ring (bicyclic) bond motifs is 3. The Morgan fingerprint density at radius 2 is 1.81 bits per heavy atom. The van der Waals surface area contributed by atoms with E-state index in [-0.39, 0.29) is 5.78 Å². The highest BCUT2D eigenvalue weighted by atomic mass is 16.1. The van der Waals surface area contributed by atoms with Gasteiger partial charge < -0.3 is 9.88 Å². The topological polar surface area (TPSA) is 34.0 Å². The molecule has 108 valence electrons. The number of Topliss-reactive ketones (excluding diaryl/α,β-unsaturated/α-hetero) is 1. The van der Waals surface area contributed by atoms with Gasteiger partial charge in [0.1, 0.15) is 0 Å². The number of carbonyl (C=O) groups excluding carboxylic acids is 1. The van der Waals surface area contributed by atoms with Gasteiger partial charge in [0.05, 0.1) is 6.54 Å². The van der Waals surface area contributed by atoms with E-state index in [1.807, 2.05) is 12.1 Å². The molecule has 0 unspecified atom stereocenters. The lowest BCUT2D eigenvalue weighted by Crippen LogP contribution is -2.18. The van der Waals surface area contributed by atoms with Crippen LogP contribution in [0.2, 0.25) is 0 Å². The molecule has 2 aromatic carbocycles. The molecule has 3 rings (SSSR count). The molecule has 0 spiro atoms. The first kappa shape index (κ1) is 13.8. The Morgan fingerprint density at radius 3 is 2.52 bits per heavy atom. The van der Waals surface area contributed by atoms with Crippen molar-refractivity contribution in [1.29, 1.82) is 0 Å². The van der Waals surface area contributed by atoms with Gasteiger partial charge in [-0.2, -0.15) is 0 Å². The van der Waals surface area contributed by atoms with Crippen LogP contribution in [-0.2, 0) is 0 Å². The molecular weight excluding hydrogens is 260 g/mol. The largest absolute Gasteiger partial charge is 0.338 e. The van der Waals surface area contributed by atoms with Crippen LogP contribution in [0.15, 0.2) is 42.5 Å². The second kappa shape index (κ2) is 5.34. The standard InChI is InChI=1S/C18H20N2O/c1-12(2)20-16-7-5-4-6-14(16)15-10-13(8-9-17(15)20)18(21)11-19-3/h4-10,12,19H,11H2,1-3H3. The van der Waals surface area contributed by atoms with Crippen LogP contribution >= 0.6 is 0 Å². The molecule has 0 aliphatic carbocycles. The molecule has 0 radical (unpaired) electrons. The summed E-state index contributed by atoms with van der Waals surface area (Å²) in [7, 11) is 1.79. The summed E-state index contributed by atoms with van der Waals surface area (Å²) in [5, 5.41) is 5.28. The lowest BCUT2D eigenvalue weighted by atomic mass is 10.1. The maximum atomic E-state index is 12.1. The number of rotatable bonds is 4. The summed E-state index contributed by atoms with van der Waals surface area (Å²) in [5.41, 5.74) is 3.18. The molecule has 0 aliphatic heterocycles. The minimum atomic E-state index is 0.126. The Morgan fingerprint density at radius 1 is 1.10 bits per heavy atom. The summed E-state index contributed by atoms with van der Waals surface area (Å²) < 4.78 is 2.33. The maximum absolute atomic E-state index is 12.1. The van der Waals surface area contributed by atoms with Crippen LogP contribution in [-0.4, -0.2) is 23.9 Å². The van der Waals surface area contributed by atoms with Gasteiger partial charge in [0.2, 0.25) is 0 Å². The molecule has 0 amide bonds. The molecule has 3 heteroatoms. The molecule has 21 heavy (non-hydrogen) atoms. The van der Waals surface area contributed by atoms with Gasteiger partial charge in [-0.15, -0.1) is 0 Å². The van der Waals surface area contributed by atoms with E-state index in [1.165, 1.54) is 16.4 Å². The molecule has 0 saturated carbocycles. The van der Waals surface area contributed by atoms with E-state index in [4.69, 9.17) is 0 Å². The van der Waals surface area contributed by atoms with Gasteiger partial charge in [0.15, 0.2) is 5.78 Å². The van der Waals surface area contributed by atoms with Gasteiger partial charge >= 0.3 is 0 Å². The molecule has 1 heterocycles. The van der Waals surface area contributed by atoms with Crippen LogP contribution in [0.1, 0.15) is 30.2 Å². The van der Waals surface area contributed by atoms with E-state index in [2.05, 4.69) is 54.1 Å². The predicted octanol–water partition coefficient (Wildman–Crippen LogP) is 3.78.